The summed E-state index contributed by atoms with van der Waals surface area (Å²) in [5, 5.41) is 0. The van der Waals surface area contributed by atoms with E-state index >= 15 is 0 Å². The number of hydrogen-bond acceptors (Lipinski definition) is 0. The van der Waals surface area contributed by atoms with E-state index in [-0.39, 0.29) is 12.4 Å². The molecule has 58 valence electrons. The van der Waals surface area contributed by atoms with Crippen molar-refractivity contribution in [3.05, 3.63) is 0 Å². The summed E-state index contributed by atoms with van der Waals surface area (Å²) in [4.78, 5) is 0. The first-order chi connectivity index (χ1) is 3.25. The molecule has 0 aromatic heterocycles. The standard InChI is InChI=1S/C2Cl6.ClH/c3-1(4,5)2(6,7)8;/h;1H. The summed E-state index contributed by atoms with van der Waals surface area (Å²) in [6.45, 7) is 0. The molecule has 0 nitrogen and oxygen atoms in total. The molecule has 0 aromatic carbocycles. The molecule has 0 aliphatic rings. The number of halogens is 7. The third-order valence-electron chi connectivity index (χ3n) is 0.321. The number of alkyl halides is 6. The second kappa shape index (κ2) is 4.15. The van der Waals surface area contributed by atoms with Crippen molar-refractivity contribution in [3.63, 3.8) is 0 Å². The van der Waals surface area contributed by atoms with Gasteiger partial charge in [-0.05, 0) is 0 Å². The minimum atomic E-state index is -1.85. The van der Waals surface area contributed by atoms with E-state index in [0.29, 0.717) is 0 Å². The van der Waals surface area contributed by atoms with Crippen LogP contribution in [0.15, 0.2) is 0 Å². The summed E-state index contributed by atoms with van der Waals surface area (Å²) >= 11 is 30.9. The fraction of sp³-hybridized carbons (Fsp3) is 1.00. The van der Waals surface area contributed by atoms with Gasteiger partial charge in [0.2, 0.25) is 7.59 Å². The highest BCUT2D eigenvalue weighted by Gasteiger charge is 2.43. The topological polar surface area (TPSA) is 0 Å². The normalized spacial score (nSPS) is 12.7. The van der Waals surface area contributed by atoms with Gasteiger partial charge in [-0.25, -0.2) is 0 Å². The molecule has 0 aromatic rings. The van der Waals surface area contributed by atoms with Crippen molar-refractivity contribution in [1.29, 1.82) is 0 Å². The Labute approximate surface area is 89.1 Å². The van der Waals surface area contributed by atoms with Gasteiger partial charge in [-0.15, -0.1) is 12.4 Å². The SMILES string of the molecule is Cl.ClC(Cl)(Cl)C(Cl)(Cl)Cl. The third-order valence-corrected chi connectivity index (χ3v) is 2.89. The monoisotopic (exact) mass is 270 g/mol. The Hall–Kier alpha value is 2.03. The van der Waals surface area contributed by atoms with Gasteiger partial charge in [0, 0.05) is 0 Å². The van der Waals surface area contributed by atoms with Crippen LogP contribution in [0.5, 0.6) is 0 Å². The van der Waals surface area contributed by atoms with Crippen LogP contribution in [0.2, 0.25) is 0 Å². The summed E-state index contributed by atoms with van der Waals surface area (Å²) in [7, 11) is 0. The predicted octanol–water partition coefficient (Wildman–Crippen LogP) is 4.15. The van der Waals surface area contributed by atoms with Gasteiger partial charge in [0.05, 0.1) is 0 Å². The molecule has 0 rings (SSSR count). The molecule has 0 radical (unpaired) electrons. The molecule has 0 bridgehead atoms. The maximum absolute atomic E-state index is 5.14. The highest BCUT2D eigenvalue weighted by molar-refractivity contribution is 6.83. The first-order valence-electron chi connectivity index (χ1n) is 1.38. The van der Waals surface area contributed by atoms with E-state index < -0.39 is 7.59 Å². The number of rotatable bonds is 0. The Bertz CT molecular complexity index is 61.9. The van der Waals surface area contributed by atoms with E-state index in [4.69, 9.17) is 69.6 Å². The Balaban J connectivity index is 0. The van der Waals surface area contributed by atoms with Crippen LogP contribution in [-0.4, -0.2) is 7.59 Å². The van der Waals surface area contributed by atoms with Crippen LogP contribution in [0.4, 0.5) is 0 Å². The van der Waals surface area contributed by atoms with Crippen molar-refractivity contribution < 1.29 is 0 Å². The van der Waals surface area contributed by atoms with E-state index in [1.807, 2.05) is 0 Å². The molecule has 0 aliphatic heterocycles. The Morgan fingerprint density at radius 2 is 0.667 bits per heavy atom. The van der Waals surface area contributed by atoms with Crippen LogP contribution in [0.25, 0.3) is 0 Å². The van der Waals surface area contributed by atoms with Gasteiger partial charge >= 0.3 is 0 Å². The van der Waals surface area contributed by atoms with Crippen LogP contribution in [0, 0.1) is 0 Å². The van der Waals surface area contributed by atoms with Crippen molar-refractivity contribution in [1.82, 2.24) is 0 Å². The molecule has 0 spiro atoms. The van der Waals surface area contributed by atoms with Crippen LogP contribution in [-0.2, 0) is 0 Å². The minimum absolute atomic E-state index is 0. The second-order valence-corrected chi connectivity index (χ2v) is 5.56. The van der Waals surface area contributed by atoms with Crippen LogP contribution in [0.3, 0.4) is 0 Å². The van der Waals surface area contributed by atoms with Crippen molar-refractivity contribution in [2.75, 3.05) is 0 Å². The first-order valence-corrected chi connectivity index (χ1v) is 3.65. The van der Waals surface area contributed by atoms with Gasteiger partial charge in [-0.2, -0.15) is 0 Å². The van der Waals surface area contributed by atoms with Gasteiger partial charge in [-0.3, -0.25) is 0 Å². The number of hydrogen-bond donors (Lipinski definition) is 0. The highest BCUT2D eigenvalue weighted by Crippen LogP contribution is 2.48. The minimum Gasteiger partial charge on any atom is -0.147 e. The van der Waals surface area contributed by atoms with Crippen molar-refractivity contribution in [3.8, 4) is 0 Å². The summed E-state index contributed by atoms with van der Waals surface area (Å²) in [5.74, 6) is 0. The zero-order valence-corrected chi connectivity index (χ0v) is 9.03. The van der Waals surface area contributed by atoms with E-state index in [1.54, 1.807) is 0 Å². The van der Waals surface area contributed by atoms with Crippen molar-refractivity contribution in [2.24, 2.45) is 0 Å². The molecule has 0 heterocycles. The summed E-state index contributed by atoms with van der Waals surface area (Å²) in [6.07, 6.45) is 0. The third kappa shape index (κ3) is 5.32. The lowest BCUT2D eigenvalue weighted by atomic mass is 10.9. The Morgan fingerprint density at radius 3 is 0.667 bits per heavy atom. The van der Waals surface area contributed by atoms with Crippen LogP contribution >= 0.6 is 82.0 Å². The molecule has 0 aliphatic carbocycles. The molecular weight excluding hydrogens is 272 g/mol. The van der Waals surface area contributed by atoms with Crippen molar-refractivity contribution >= 4 is 82.0 Å². The molecule has 0 amide bonds. The largest absolute Gasteiger partial charge is 0.236 e. The lowest BCUT2D eigenvalue weighted by Gasteiger charge is -2.19. The average Bonchev–Trinajstić information content (AvgIpc) is 1.25. The molecule has 0 saturated heterocycles. The zero-order chi connectivity index (χ0) is 7.00. The van der Waals surface area contributed by atoms with Crippen LogP contribution in [0.1, 0.15) is 0 Å². The molecular formula is C2HCl7. The fourth-order valence-corrected chi connectivity index (χ4v) is 0. The zero-order valence-electron chi connectivity index (χ0n) is 3.68. The quantitative estimate of drug-likeness (QED) is 0.582. The molecule has 7 heteroatoms. The Morgan fingerprint density at radius 1 is 0.556 bits per heavy atom. The van der Waals surface area contributed by atoms with E-state index in [2.05, 4.69) is 0 Å². The summed E-state index contributed by atoms with van der Waals surface area (Å²) in [5.41, 5.74) is 0. The average molecular weight is 273 g/mol. The van der Waals surface area contributed by atoms with Crippen molar-refractivity contribution in [2.45, 2.75) is 7.59 Å². The van der Waals surface area contributed by atoms with E-state index in [1.165, 1.54) is 0 Å². The molecule has 0 atom stereocenters. The lowest BCUT2D eigenvalue weighted by molar-refractivity contribution is 1.10. The van der Waals surface area contributed by atoms with Gasteiger partial charge in [0.1, 0.15) is 0 Å². The summed E-state index contributed by atoms with van der Waals surface area (Å²) in [6, 6.07) is 0. The Kier molecular flexibility index (Phi) is 6.28. The molecule has 0 saturated carbocycles. The fourth-order valence-electron chi connectivity index (χ4n) is 0. The van der Waals surface area contributed by atoms with E-state index in [9.17, 15) is 0 Å². The van der Waals surface area contributed by atoms with Crippen LogP contribution < -0.4 is 0 Å². The molecule has 0 unspecified atom stereocenters. The van der Waals surface area contributed by atoms with E-state index in [0.717, 1.165) is 0 Å². The second-order valence-electron chi connectivity index (χ2n) is 0.996. The first kappa shape index (κ1) is 13.6. The summed E-state index contributed by atoms with van der Waals surface area (Å²) < 4.78 is -3.70. The molecule has 0 N–H and O–H groups in total. The smallest absolute Gasteiger partial charge is 0.147 e. The maximum atomic E-state index is 5.14. The lowest BCUT2D eigenvalue weighted by Crippen LogP contribution is -2.23. The van der Waals surface area contributed by atoms with Gasteiger partial charge in [-0.1, -0.05) is 69.6 Å². The molecule has 0 fully saturated rings. The van der Waals surface area contributed by atoms with Gasteiger partial charge < -0.3 is 0 Å². The maximum Gasteiger partial charge on any atom is 0.236 e. The predicted molar refractivity (Wildman–Crippen MR) is 47.8 cm³/mol. The van der Waals surface area contributed by atoms with Gasteiger partial charge in [0.25, 0.3) is 0 Å². The van der Waals surface area contributed by atoms with Gasteiger partial charge in [0.15, 0.2) is 0 Å². The highest BCUT2D eigenvalue weighted by atomic mass is 35.6. The molecule has 9 heavy (non-hydrogen) atoms.